The van der Waals surface area contributed by atoms with Crippen LogP contribution in [0.1, 0.15) is 37.4 Å². The molecule has 1 unspecified atom stereocenters. The van der Waals surface area contributed by atoms with E-state index in [1.807, 2.05) is 0 Å². The van der Waals surface area contributed by atoms with Crippen LogP contribution in [0.5, 0.6) is 0 Å². The zero-order valence-electron chi connectivity index (χ0n) is 14.4. The van der Waals surface area contributed by atoms with Gasteiger partial charge in [-0.3, -0.25) is 19.7 Å². The summed E-state index contributed by atoms with van der Waals surface area (Å²) in [6.45, 7) is 0.202. The Bertz CT molecular complexity index is 1090. The fourth-order valence-corrected chi connectivity index (χ4v) is 3.19. The van der Waals surface area contributed by atoms with Crippen LogP contribution in [-0.4, -0.2) is 42.0 Å². The van der Waals surface area contributed by atoms with E-state index in [0.29, 0.717) is 27.8 Å². The van der Waals surface area contributed by atoms with Crippen LogP contribution in [0.15, 0.2) is 42.5 Å². The number of benzene rings is 2. The lowest BCUT2D eigenvalue weighted by Crippen LogP contribution is -2.52. The Hall–Kier alpha value is -3.72. The molecule has 1 atom stereocenters. The van der Waals surface area contributed by atoms with Crippen LogP contribution in [0.3, 0.4) is 0 Å². The molecule has 0 spiro atoms. The number of ketones is 2. The van der Waals surface area contributed by atoms with Crippen LogP contribution in [-0.2, 0) is 4.79 Å². The van der Waals surface area contributed by atoms with Gasteiger partial charge in [0.1, 0.15) is 5.92 Å². The first-order chi connectivity index (χ1) is 13.0. The average molecular weight is 358 g/mol. The highest BCUT2D eigenvalue weighted by Crippen LogP contribution is 2.27. The summed E-state index contributed by atoms with van der Waals surface area (Å²) >= 11 is 0. The van der Waals surface area contributed by atoms with Crippen LogP contribution in [0.2, 0.25) is 0 Å². The van der Waals surface area contributed by atoms with Crippen molar-refractivity contribution < 1.29 is 19.2 Å². The highest BCUT2D eigenvalue weighted by Gasteiger charge is 2.30. The molecule has 3 amide bonds. The third kappa shape index (κ3) is 2.79. The molecular formula is C21H14N2O4. The minimum Gasteiger partial charge on any atom is -0.326 e. The van der Waals surface area contributed by atoms with E-state index in [2.05, 4.69) is 17.2 Å². The first-order valence-corrected chi connectivity index (χ1v) is 8.35. The van der Waals surface area contributed by atoms with Gasteiger partial charge in [0.2, 0.25) is 5.91 Å². The monoisotopic (exact) mass is 358 g/mol. The van der Waals surface area contributed by atoms with E-state index in [0.717, 1.165) is 0 Å². The second kappa shape index (κ2) is 6.22. The number of hydrogen-bond acceptors (Lipinski definition) is 4. The minimum absolute atomic E-state index is 0.188. The Kier molecular flexibility index (Phi) is 3.85. The molecule has 2 aliphatic rings. The summed E-state index contributed by atoms with van der Waals surface area (Å²) < 4.78 is 0. The number of rotatable bonds is 0. The van der Waals surface area contributed by atoms with Crippen LogP contribution in [0, 0.1) is 17.8 Å². The predicted molar refractivity (Wildman–Crippen MR) is 96.3 cm³/mol. The van der Waals surface area contributed by atoms with Crippen molar-refractivity contribution in [2.45, 2.75) is 0 Å². The molecule has 1 aliphatic carbocycles. The van der Waals surface area contributed by atoms with E-state index in [1.165, 1.54) is 4.90 Å². The van der Waals surface area contributed by atoms with Gasteiger partial charge in [-0.25, -0.2) is 4.79 Å². The highest BCUT2D eigenvalue weighted by atomic mass is 16.2. The topological polar surface area (TPSA) is 83.6 Å². The molecule has 1 fully saturated rings. The van der Waals surface area contributed by atoms with Gasteiger partial charge in [0.05, 0.1) is 0 Å². The molecule has 0 aromatic heterocycles. The first-order valence-electron chi connectivity index (χ1n) is 8.35. The second-order valence-electron chi connectivity index (χ2n) is 6.46. The lowest BCUT2D eigenvalue weighted by molar-refractivity contribution is -0.123. The Morgan fingerprint density at radius 3 is 2.26 bits per heavy atom. The number of hydrogen-bond donors (Lipinski definition) is 1. The average Bonchev–Trinajstić information content (AvgIpc) is 2.68. The molecule has 132 valence electrons. The number of nitrogens with zero attached hydrogens (tertiary/aromatic N) is 1. The van der Waals surface area contributed by atoms with Gasteiger partial charge in [-0.05, 0) is 18.2 Å². The molecule has 2 aromatic rings. The van der Waals surface area contributed by atoms with Gasteiger partial charge < -0.3 is 4.90 Å². The Labute approximate surface area is 155 Å². The summed E-state index contributed by atoms with van der Waals surface area (Å²) in [4.78, 5) is 50.0. The van der Waals surface area contributed by atoms with E-state index in [9.17, 15) is 19.2 Å². The van der Waals surface area contributed by atoms with Crippen molar-refractivity contribution in [2.75, 3.05) is 13.6 Å². The summed E-state index contributed by atoms with van der Waals surface area (Å²) in [5.41, 5.74) is 1.98. The summed E-state index contributed by atoms with van der Waals surface area (Å²) in [6, 6.07) is 11.1. The number of imide groups is 1. The molecule has 1 saturated heterocycles. The molecule has 6 heteroatoms. The van der Waals surface area contributed by atoms with E-state index < -0.39 is 17.9 Å². The third-order valence-electron chi connectivity index (χ3n) is 4.67. The quantitative estimate of drug-likeness (QED) is 0.619. The maximum Gasteiger partial charge on any atom is 0.323 e. The molecule has 4 rings (SSSR count). The molecule has 1 aliphatic heterocycles. The summed E-state index contributed by atoms with van der Waals surface area (Å²) in [7, 11) is 1.58. The van der Waals surface area contributed by atoms with E-state index in [4.69, 9.17) is 0 Å². The lowest BCUT2D eigenvalue weighted by atomic mass is 9.83. The van der Waals surface area contributed by atoms with Gasteiger partial charge in [-0.15, -0.1) is 0 Å². The normalized spacial score (nSPS) is 18.3. The van der Waals surface area contributed by atoms with Crippen LogP contribution < -0.4 is 5.32 Å². The van der Waals surface area contributed by atoms with Crippen molar-refractivity contribution >= 4 is 23.5 Å². The van der Waals surface area contributed by atoms with Crippen LogP contribution >= 0.6 is 0 Å². The molecule has 1 N–H and O–H groups in total. The molecule has 0 saturated carbocycles. The van der Waals surface area contributed by atoms with Gasteiger partial charge in [-0.1, -0.05) is 36.1 Å². The fourth-order valence-electron chi connectivity index (χ4n) is 3.19. The van der Waals surface area contributed by atoms with Gasteiger partial charge in [0, 0.05) is 41.4 Å². The summed E-state index contributed by atoms with van der Waals surface area (Å²) in [5, 5.41) is 2.24. The molecule has 0 bridgehead atoms. The fraction of sp³-hybridized carbons (Fsp3) is 0.143. The van der Waals surface area contributed by atoms with Crippen LogP contribution in [0.25, 0.3) is 0 Å². The molecule has 0 radical (unpaired) electrons. The summed E-state index contributed by atoms with van der Waals surface area (Å²) in [5.74, 6) is 4.22. The molecular weight excluding hydrogens is 344 g/mol. The van der Waals surface area contributed by atoms with Crippen molar-refractivity contribution in [1.29, 1.82) is 0 Å². The number of nitrogens with one attached hydrogen (secondary N) is 1. The van der Waals surface area contributed by atoms with Crippen molar-refractivity contribution in [2.24, 2.45) is 5.92 Å². The first kappa shape index (κ1) is 16.7. The number of amides is 3. The van der Waals surface area contributed by atoms with Crippen molar-refractivity contribution in [3.63, 3.8) is 0 Å². The maximum atomic E-state index is 12.7. The van der Waals surface area contributed by atoms with Crippen molar-refractivity contribution in [1.82, 2.24) is 10.2 Å². The Balaban J connectivity index is 1.67. The van der Waals surface area contributed by atoms with E-state index in [1.54, 1.807) is 49.5 Å². The number of carbonyl (C=O) groups excluding carboxylic acids is 4. The molecule has 1 heterocycles. The second-order valence-corrected chi connectivity index (χ2v) is 6.46. The van der Waals surface area contributed by atoms with Crippen molar-refractivity contribution in [3.8, 4) is 11.8 Å². The van der Waals surface area contributed by atoms with Crippen molar-refractivity contribution in [3.05, 3.63) is 70.3 Å². The van der Waals surface area contributed by atoms with Gasteiger partial charge in [-0.2, -0.15) is 0 Å². The van der Waals surface area contributed by atoms with Crippen LogP contribution in [0.4, 0.5) is 4.79 Å². The SMILES string of the molecule is CN1CC(C#Cc2ccc3c(c2)C(=O)c2ccccc2C3=O)C(=O)NC1=O. The molecule has 6 nitrogen and oxygen atoms in total. The zero-order valence-corrected chi connectivity index (χ0v) is 14.4. The molecule has 27 heavy (non-hydrogen) atoms. The highest BCUT2D eigenvalue weighted by molar-refractivity contribution is 6.28. The molecule has 2 aromatic carbocycles. The third-order valence-corrected chi connectivity index (χ3v) is 4.67. The minimum atomic E-state index is -0.651. The number of fused-ring (bicyclic) bond motifs is 2. The Morgan fingerprint density at radius 1 is 0.926 bits per heavy atom. The lowest BCUT2D eigenvalue weighted by Gasteiger charge is -2.26. The standard InChI is InChI=1S/C21H14N2O4/c1-23-11-13(20(26)22-21(23)27)8-6-12-7-9-16-17(10-12)19(25)15-5-3-2-4-14(15)18(16)24/h2-5,7,9-10,13H,11H2,1H3,(H,22,26,27). The largest absolute Gasteiger partial charge is 0.326 e. The van der Waals surface area contributed by atoms with E-state index in [-0.39, 0.29) is 18.1 Å². The number of urea groups is 1. The zero-order chi connectivity index (χ0) is 19.1. The Morgan fingerprint density at radius 2 is 1.56 bits per heavy atom. The summed E-state index contributed by atoms with van der Waals surface area (Å²) in [6.07, 6.45) is 0. The van der Waals surface area contributed by atoms with Gasteiger partial charge >= 0.3 is 6.03 Å². The van der Waals surface area contributed by atoms with E-state index >= 15 is 0 Å². The van der Waals surface area contributed by atoms with Gasteiger partial charge in [0.15, 0.2) is 11.6 Å². The van der Waals surface area contributed by atoms with Gasteiger partial charge in [0.25, 0.3) is 0 Å². The smallest absolute Gasteiger partial charge is 0.323 e. The predicted octanol–water partition coefficient (Wildman–Crippen LogP) is 1.61. The number of carbonyl (C=O) groups is 4. The maximum absolute atomic E-state index is 12.7.